The first kappa shape index (κ1) is 28.7. The van der Waals surface area contributed by atoms with Gasteiger partial charge >= 0.3 is 0 Å². The molecule has 0 aromatic heterocycles. The van der Waals surface area contributed by atoms with E-state index in [1.165, 1.54) is 12.8 Å². The minimum absolute atomic E-state index is 0.0381. The Morgan fingerprint density at radius 3 is 2.70 bits per heavy atom. The van der Waals surface area contributed by atoms with Crippen LogP contribution in [-0.4, -0.2) is 61.4 Å². The highest BCUT2D eigenvalue weighted by atomic mass is 79.9. The summed E-state index contributed by atoms with van der Waals surface area (Å²) in [5.74, 6) is 7.44. The smallest absolute Gasteiger partial charge is 0.234 e. The maximum Gasteiger partial charge on any atom is 0.234 e. The topological polar surface area (TPSA) is 109 Å². The summed E-state index contributed by atoms with van der Waals surface area (Å²) >= 11 is 3.55. The molecule has 8 nitrogen and oxygen atoms in total. The highest BCUT2D eigenvalue weighted by Gasteiger charge is 2.25. The van der Waals surface area contributed by atoms with Crippen LogP contribution in [0.2, 0.25) is 0 Å². The molecule has 1 saturated carbocycles. The Hall–Kier alpha value is -2.36. The third kappa shape index (κ3) is 10.4. The second-order valence-electron chi connectivity index (χ2n) is 7.86. The van der Waals surface area contributed by atoms with Crippen LogP contribution in [-0.2, 0) is 9.53 Å². The van der Waals surface area contributed by atoms with E-state index in [1.807, 2.05) is 20.1 Å². The van der Waals surface area contributed by atoms with Gasteiger partial charge in [0.05, 0.1) is 22.4 Å². The van der Waals surface area contributed by atoms with E-state index in [9.17, 15) is 4.79 Å². The zero-order valence-corrected chi connectivity index (χ0v) is 21.6. The van der Waals surface area contributed by atoms with Gasteiger partial charge in [-0.05, 0) is 54.1 Å². The molecule has 0 bridgehead atoms. The monoisotopic (exact) mass is 522 g/mol. The predicted octanol–water partition coefficient (Wildman–Crippen LogP) is 3.17. The maximum atomic E-state index is 11.6. The van der Waals surface area contributed by atoms with Crippen LogP contribution in [0.25, 0.3) is 0 Å². The van der Waals surface area contributed by atoms with Crippen molar-refractivity contribution < 1.29 is 9.53 Å². The summed E-state index contributed by atoms with van der Waals surface area (Å²) in [6.07, 6.45) is 8.47. The number of amides is 1. The van der Waals surface area contributed by atoms with E-state index in [0.29, 0.717) is 47.3 Å². The van der Waals surface area contributed by atoms with Crippen LogP contribution in [0.3, 0.4) is 0 Å². The summed E-state index contributed by atoms with van der Waals surface area (Å²) in [5, 5.41) is 4.51. The Morgan fingerprint density at radius 1 is 1.42 bits per heavy atom. The molecule has 0 aromatic rings. The number of nitrogens with zero attached hydrogens (tertiary/aromatic N) is 3. The molecule has 2 aliphatic rings. The summed E-state index contributed by atoms with van der Waals surface area (Å²) < 4.78 is 6.70. The summed E-state index contributed by atoms with van der Waals surface area (Å²) in [7, 11) is 0. The molecular weight excluding hydrogens is 484 g/mol. The Kier molecular flexibility index (Phi) is 13.4. The molecular formula is C24H39BrN6O2. The van der Waals surface area contributed by atoms with Crippen molar-refractivity contribution >= 4 is 28.1 Å². The quantitative estimate of drug-likeness (QED) is 0.0906. The van der Waals surface area contributed by atoms with Crippen molar-refractivity contribution in [2.45, 2.75) is 33.1 Å². The van der Waals surface area contributed by atoms with E-state index in [4.69, 9.17) is 16.3 Å². The lowest BCUT2D eigenvalue weighted by Crippen LogP contribution is -2.48. The van der Waals surface area contributed by atoms with E-state index in [1.54, 1.807) is 17.2 Å². The molecule has 1 saturated heterocycles. The molecule has 2 rings (SSSR count). The number of hydrazine groups is 1. The lowest BCUT2D eigenvalue weighted by Gasteiger charge is -2.27. The van der Waals surface area contributed by atoms with Gasteiger partial charge < -0.3 is 20.8 Å². The molecule has 0 aromatic carbocycles. The molecule has 5 N–H and O–H groups in total. The minimum atomic E-state index is 0.0381. The number of piperazine rings is 1. The van der Waals surface area contributed by atoms with Crippen molar-refractivity contribution in [1.29, 1.82) is 0 Å². The number of allylic oxidation sites excluding steroid dienone is 2. The SMILES string of the molecule is C=C.C=C/C=C(\C(N)=C(\Br)COC(/N=C\CC)=C(/C)CN1CCNC(=O)C1)N(N)CC1CC1. The van der Waals surface area contributed by atoms with E-state index in [0.717, 1.165) is 25.1 Å². The lowest BCUT2D eigenvalue weighted by atomic mass is 10.2. The van der Waals surface area contributed by atoms with Gasteiger partial charge in [0.25, 0.3) is 0 Å². The first-order valence-electron chi connectivity index (χ1n) is 11.2. The number of aliphatic imine (C=N–C) groups is 1. The van der Waals surface area contributed by atoms with Crippen molar-refractivity contribution in [3.05, 3.63) is 59.2 Å². The lowest BCUT2D eigenvalue weighted by molar-refractivity contribution is -0.123. The standard InChI is InChI=1S/C22H35BrN6O2.C2H4/c1-4-6-19(29(25)13-17-7-8-17)21(24)18(23)15-31-22(27-9-5-2)16(3)12-28-11-10-26-20(30)14-28;1-2/h4,6,9,17H,1,5,7-8,10-15,24-25H2,2-3H3,(H,26,30);1-2H2/b19-6+,21-18-,22-16-,27-9-;. The molecule has 0 radical (unpaired) electrons. The highest BCUT2D eigenvalue weighted by molar-refractivity contribution is 9.11. The number of nitrogens with one attached hydrogen (secondary N) is 1. The van der Waals surface area contributed by atoms with Crippen molar-refractivity contribution in [3.63, 3.8) is 0 Å². The average molecular weight is 524 g/mol. The third-order valence-corrected chi connectivity index (χ3v) is 5.63. The predicted molar refractivity (Wildman–Crippen MR) is 140 cm³/mol. The Labute approximate surface area is 206 Å². The van der Waals surface area contributed by atoms with Gasteiger partial charge in [-0.2, -0.15) is 0 Å². The van der Waals surface area contributed by atoms with Gasteiger partial charge in [0.1, 0.15) is 6.61 Å². The molecule has 0 spiro atoms. The van der Waals surface area contributed by atoms with Crippen molar-refractivity contribution in [2.75, 3.05) is 39.3 Å². The maximum absolute atomic E-state index is 11.6. The molecule has 2 fully saturated rings. The number of carbonyl (C=O) groups is 1. The van der Waals surface area contributed by atoms with Crippen molar-refractivity contribution in [1.82, 2.24) is 15.2 Å². The first-order valence-corrected chi connectivity index (χ1v) is 12.0. The number of hydrogen-bond acceptors (Lipinski definition) is 7. The van der Waals surface area contributed by atoms with Gasteiger partial charge in [-0.1, -0.05) is 19.6 Å². The van der Waals surface area contributed by atoms with Gasteiger partial charge in [-0.15, -0.1) is 13.2 Å². The fourth-order valence-electron chi connectivity index (χ4n) is 3.15. The summed E-state index contributed by atoms with van der Waals surface area (Å²) in [4.78, 5) is 18.2. The summed E-state index contributed by atoms with van der Waals surface area (Å²) in [5.41, 5.74) is 8.54. The molecule has 1 amide bonds. The zero-order valence-electron chi connectivity index (χ0n) is 20.0. The molecule has 1 aliphatic carbocycles. The fraction of sp³-hybridized carbons (Fsp3) is 0.500. The first-order chi connectivity index (χ1) is 15.8. The molecule has 1 aliphatic heterocycles. The summed E-state index contributed by atoms with van der Waals surface area (Å²) in [6.45, 7) is 17.2. The van der Waals surface area contributed by atoms with E-state index < -0.39 is 0 Å². The number of nitrogens with two attached hydrogens (primary N) is 2. The normalized spacial score (nSPS) is 18.5. The Morgan fingerprint density at radius 2 is 2.12 bits per heavy atom. The minimum Gasteiger partial charge on any atom is -0.472 e. The second-order valence-corrected chi connectivity index (χ2v) is 8.81. The number of ether oxygens (including phenoxy) is 1. The van der Waals surface area contributed by atoms with Gasteiger partial charge in [-0.3, -0.25) is 9.69 Å². The van der Waals surface area contributed by atoms with Gasteiger partial charge in [0.2, 0.25) is 11.8 Å². The number of rotatable bonds is 12. The average Bonchev–Trinajstić information content (AvgIpc) is 3.62. The van der Waals surface area contributed by atoms with E-state index in [2.05, 4.69) is 50.9 Å². The molecule has 0 unspecified atom stereocenters. The Bertz CT molecular complexity index is 786. The van der Waals surface area contributed by atoms with Crippen LogP contribution in [0, 0.1) is 5.92 Å². The largest absolute Gasteiger partial charge is 0.472 e. The van der Waals surface area contributed by atoms with Crippen LogP contribution in [0.4, 0.5) is 0 Å². The van der Waals surface area contributed by atoms with Crippen LogP contribution in [0.1, 0.15) is 33.1 Å². The van der Waals surface area contributed by atoms with E-state index in [-0.39, 0.29) is 12.5 Å². The van der Waals surface area contributed by atoms with Crippen LogP contribution in [0.5, 0.6) is 0 Å². The molecule has 0 atom stereocenters. The Balaban J connectivity index is 0.00000265. The summed E-state index contributed by atoms with van der Waals surface area (Å²) in [6, 6.07) is 0. The number of halogens is 1. The second kappa shape index (κ2) is 15.5. The number of carbonyl (C=O) groups excluding carboxylic acids is 1. The van der Waals surface area contributed by atoms with Crippen LogP contribution < -0.4 is 16.9 Å². The zero-order chi connectivity index (χ0) is 24.8. The van der Waals surface area contributed by atoms with Crippen molar-refractivity contribution in [3.8, 4) is 0 Å². The molecule has 33 heavy (non-hydrogen) atoms. The van der Waals surface area contributed by atoms with Gasteiger partial charge in [0.15, 0.2) is 0 Å². The molecule has 1 heterocycles. The van der Waals surface area contributed by atoms with Gasteiger partial charge in [-0.25, -0.2) is 10.8 Å². The van der Waals surface area contributed by atoms with Crippen LogP contribution in [0.15, 0.2) is 64.2 Å². The van der Waals surface area contributed by atoms with Gasteiger partial charge in [0, 0.05) is 38.0 Å². The third-order valence-electron chi connectivity index (χ3n) is 4.98. The highest BCUT2D eigenvalue weighted by Crippen LogP contribution is 2.31. The molecule has 184 valence electrons. The van der Waals surface area contributed by atoms with E-state index >= 15 is 0 Å². The number of hydrogen-bond donors (Lipinski definition) is 3. The van der Waals surface area contributed by atoms with Crippen molar-refractivity contribution in [2.24, 2.45) is 22.5 Å². The fourth-order valence-corrected chi connectivity index (χ4v) is 3.47. The molecule has 9 heteroatoms. The van der Waals surface area contributed by atoms with Crippen LogP contribution >= 0.6 is 15.9 Å².